The second kappa shape index (κ2) is 8.47. The number of nitrogens with zero attached hydrogens (tertiary/aromatic N) is 2. The number of benzene rings is 2. The Bertz CT molecular complexity index is 935. The summed E-state index contributed by atoms with van der Waals surface area (Å²) in [7, 11) is 4.51. The second-order valence-electron chi connectivity index (χ2n) is 5.68. The lowest BCUT2D eigenvalue weighted by molar-refractivity contribution is 0.324. The van der Waals surface area contributed by atoms with Crippen LogP contribution in [-0.4, -0.2) is 31.5 Å². The first-order valence-corrected chi connectivity index (χ1v) is 9.10. The van der Waals surface area contributed by atoms with Crippen LogP contribution in [0.1, 0.15) is 17.7 Å². The fourth-order valence-electron chi connectivity index (χ4n) is 2.69. The Labute approximate surface area is 164 Å². The predicted molar refractivity (Wildman–Crippen MR) is 100 cm³/mol. The molecule has 1 heterocycles. The van der Waals surface area contributed by atoms with Crippen LogP contribution in [0.25, 0.3) is 11.5 Å². The molecular formula is C19H18F2N2O4S. The molecule has 0 aliphatic carbocycles. The van der Waals surface area contributed by atoms with Crippen molar-refractivity contribution < 1.29 is 27.4 Å². The van der Waals surface area contributed by atoms with E-state index >= 15 is 0 Å². The molecule has 3 aromatic rings. The van der Waals surface area contributed by atoms with E-state index in [0.717, 1.165) is 11.8 Å². The molecule has 0 saturated heterocycles. The Hall–Kier alpha value is -2.81. The van der Waals surface area contributed by atoms with E-state index in [2.05, 4.69) is 10.2 Å². The molecule has 0 radical (unpaired) electrons. The minimum absolute atomic E-state index is 0.0416. The molecule has 1 atom stereocenters. The van der Waals surface area contributed by atoms with Crippen molar-refractivity contribution >= 4 is 11.8 Å². The fraction of sp³-hybridized carbons (Fsp3) is 0.263. The largest absolute Gasteiger partial charge is 0.493 e. The first-order valence-electron chi connectivity index (χ1n) is 8.23. The van der Waals surface area contributed by atoms with Gasteiger partial charge in [-0.15, -0.1) is 10.2 Å². The maximum atomic E-state index is 14.0. The fourth-order valence-corrected chi connectivity index (χ4v) is 3.55. The SMILES string of the molecule is COc1cc(-c2nnc(SC(C)c3c(F)cccc3F)o2)cc(OC)c1OC. The van der Waals surface area contributed by atoms with Crippen molar-refractivity contribution in [3.8, 4) is 28.7 Å². The zero-order chi connectivity index (χ0) is 20.3. The van der Waals surface area contributed by atoms with Crippen molar-refractivity contribution in [2.45, 2.75) is 17.4 Å². The Morgan fingerprint density at radius 3 is 2.11 bits per heavy atom. The van der Waals surface area contributed by atoms with Crippen LogP contribution in [0, 0.1) is 11.6 Å². The first-order chi connectivity index (χ1) is 13.5. The first kappa shape index (κ1) is 19.9. The number of hydrogen-bond acceptors (Lipinski definition) is 7. The summed E-state index contributed by atoms with van der Waals surface area (Å²) in [5.74, 6) is 0.278. The molecule has 1 aromatic heterocycles. The maximum Gasteiger partial charge on any atom is 0.277 e. The summed E-state index contributed by atoms with van der Waals surface area (Å²) in [5, 5.41) is 7.59. The van der Waals surface area contributed by atoms with E-state index in [4.69, 9.17) is 18.6 Å². The van der Waals surface area contributed by atoms with Crippen molar-refractivity contribution in [2.75, 3.05) is 21.3 Å². The Morgan fingerprint density at radius 1 is 0.964 bits per heavy atom. The molecule has 0 fully saturated rings. The average Bonchev–Trinajstić information content (AvgIpc) is 3.15. The highest BCUT2D eigenvalue weighted by Crippen LogP contribution is 2.42. The Morgan fingerprint density at radius 2 is 1.57 bits per heavy atom. The molecule has 0 aliphatic rings. The molecule has 0 N–H and O–H groups in total. The zero-order valence-electron chi connectivity index (χ0n) is 15.7. The van der Waals surface area contributed by atoms with Crippen LogP contribution < -0.4 is 14.2 Å². The molecular weight excluding hydrogens is 390 g/mol. The minimum Gasteiger partial charge on any atom is -0.493 e. The van der Waals surface area contributed by atoms with E-state index in [-0.39, 0.29) is 16.7 Å². The van der Waals surface area contributed by atoms with Gasteiger partial charge < -0.3 is 18.6 Å². The quantitative estimate of drug-likeness (QED) is 0.516. The van der Waals surface area contributed by atoms with Gasteiger partial charge in [0.2, 0.25) is 11.6 Å². The third kappa shape index (κ3) is 3.89. The number of methoxy groups -OCH3 is 3. The van der Waals surface area contributed by atoms with Gasteiger partial charge in [0, 0.05) is 16.4 Å². The van der Waals surface area contributed by atoms with Crippen LogP contribution in [0.2, 0.25) is 0 Å². The number of ether oxygens (including phenoxy) is 3. The van der Waals surface area contributed by atoms with Gasteiger partial charge in [0.05, 0.1) is 21.3 Å². The van der Waals surface area contributed by atoms with Crippen molar-refractivity contribution in [2.24, 2.45) is 0 Å². The molecule has 2 aromatic carbocycles. The van der Waals surface area contributed by atoms with Gasteiger partial charge in [0.1, 0.15) is 11.6 Å². The molecule has 3 rings (SSSR count). The number of thioether (sulfide) groups is 1. The third-order valence-corrected chi connectivity index (χ3v) is 4.96. The zero-order valence-corrected chi connectivity index (χ0v) is 16.5. The van der Waals surface area contributed by atoms with Crippen LogP contribution in [0.4, 0.5) is 8.78 Å². The number of hydrogen-bond donors (Lipinski definition) is 0. The molecule has 0 aliphatic heterocycles. The topological polar surface area (TPSA) is 66.6 Å². The lowest BCUT2D eigenvalue weighted by atomic mass is 10.1. The van der Waals surface area contributed by atoms with Crippen LogP contribution >= 0.6 is 11.8 Å². The minimum atomic E-state index is -0.621. The average molecular weight is 408 g/mol. The monoisotopic (exact) mass is 408 g/mol. The van der Waals surface area contributed by atoms with E-state index < -0.39 is 16.9 Å². The van der Waals surface area contributed by atoms with Crippen molar-refractivity contribution in [1.82, 2.24) is 10.2 Å². The van der Waals surface area contributed by atoms with Crippen LogP contribution in [0.3, 0.4) is 0 Å². The summed E-state index contributed by atoms with van der Waals surface area (Å²) >= 11 is 1.06. The van der Waals surface area contributed by atoms with Gasteiger partial charge in [0.25, 0.3) is 5.22 Å². The van der Waals surface area contributed by atoms with Crippen LogP contribution in [0.5, 0.6) is 17.2 Å². The van der Waals surface area contributed by atoms with Gasteiger partial charge in [-0.1, -0.05) is 17.8 Å². The molecule has 0 amide bonds. The molecule has 148 valence electrons. The Kier molecular flexibility index (Phi) is 6.03. The molecule has 0 saturated carbocycles. The number of rotatable bonds is 7. The summed E-state index contributed by atoms with van der Waals surface area (Å²) in [6.45, 7) is 1.66. The van der Waals surface area contributed by atoms with E-state index in [1.54, 1.807) is 19.1 Å². The summed E-state index contributed by atoms with van der Waals surface area (Å²) in [6.07, 6.45) is 0. The number of halogens is 2. The van der Waals surface area contributed by atoms with Gasteiger partial charge in [-0.2, -0.15) is 0 Å². The molecule has 0 bridgehead atoms. The number of aromatic nitrogens is 2. The highest BCUT2D eigenvalue weighted by Gasteiger charge is 2.21. The van der Waals surface area contributed by atoms with Crippen LogP contribution in [-0.2, 0) is 0 Å². The second-order valence-corrected chi connectivity index (χ2v) is 6.97. The highest BCUT2D eigenvalue weighted by molar-refractivity contribution is 7.99. The molecule has 6 nitrogen and oxygen atoms in total. The summed E-state index contributed by atoms with van der Waals surface area (Å²) in [4.78, 5) is 0. The molecule has 28 heavy (non-hydrogen) atoms. The van der Waals surface area contributed by atoms with Gasteiger partial charge in [0.15, 0.2) is 11.5 Å². The molecule has 9 heteroatoms. The summed E-state index contributed by atoms with van der Waals surface area (Å²) in [6, 6.07) is 7.09. The Balaban J connectivity index is 1.88. The highest BCUT2D eigenvalue weighted by atomic mass is 32.2. The lowest BCUT2D eigenvalue weighted by Gasteiger charge is -2.12. The van der Waals surface area contributed by atoms with Gasteiger partial charge >= 0.3 is 0 Å². The third-order valence-electron chi connectivity index (χ3n) is 4.00. The van der Waals surface area contributed by atoms with Gasteiger partial charge in [-0.05, 0) is 31.2 Å². The normalized spacial score (nSPS) is 11.9. The van der Waals surface area contributed by atoms with E-state index in [1.807, 2.05) is 0 Å². The van der Waals surface area contributed by atoms with Gasteiger partial charge in [-0.3, -0.25) is 0 Å². The van der Waals surface area contributed by atoms with Gasteiger partial charge in [-0.25, -0.2) is 8.78 Å². The smallest absolute Gasteiger partial charge is 0.277 e. The lowest BCUT2D eigenvalue weighted by Crippen LogP contribution is -1.98. The standard InChI is InChI=1S/C19H18F2N2O4S/c1-10(16-12(20)6-5-7-13(16)21)28-19-23-22-18(27-19)11-8-14(24-2)17(26-4)15(9-11)25-3/h5-10H,1-4H3. The van der Waals surface area contributed by atoms with E-state index in [9.17, 15) is 8.78 Å². The predicted octanol–water partition coefficient (Wildman–Crippen LogP) is 4.89. The van der Waals surface area contributed by atoms with Crippen molar-refractivity contribution in [3.63, 3.8) is 0 Å². The van der Waals surface area contributed by atoms with Crippen molar-refractivity contribution in [1.29, 1.82) is 0 Å². The van der Waals surface area contributed by atoms with Crippen molar-refractivity contribution in [3.05, 3.63) is 47.5 Å². The summed E-state index contributed by atoms with van der Waals surface area (Å²) < 4.78 is 49.5. The van der Waals surface area contributed by atoms with E-state index in [1.165, 1.54) is 39.5 Å². The molecule has 0 spiro atoms. The molecule has 1 unspecified atom stereocenters. The maximum absolute atomic E-state index is 14.0. The van der Waals surface area contributed by atoms with E-state index in [0.29, 0.717) is 22.8 Å². The van der Waals surface area contributed by atoms with Crippen LogP contribution in [0.15, 0.2) is 40.0 Å². The summed E-state index contributed by atoms with van der Waals surface area (Å²) in [5.41, 5.74) is 0.513.